The molecule has 2 fully saturated rings. The van der Waals surface area contributed by atoms with E-state index in [0.29, 0.717) is 6.54 Å². The fourth-order valence-electron chi connectivity index (χ4n) is 5.86. The number of aromatic nitrogens is 3. The Hall–Kier alpha value is -3.97. The molecule has 4 heterocycles. The van der Waals surface area contributed by atoms with Gasteiger partial charge in [-0.05, 0) is 57.1 Å². The van der Waals surface area contributed by atoms with Crippen molar-refractivity contribution in [1.82, 2.24) is 24.8 Å². The van der Waals surface area contributed by atoms with Crippen molar-refractivity contribution < 1.29 is 27.1 Å². The first kappa shape index (κ1) is 31.5. The number of fused-ring (bicyclic) bond motifs is 1. The molecular formula is C30H32ClF4N7O2. The third kappa shape index (κ3) is 5.90. The van der Waals surface area contributed by atoms with Crippen LogP contribution in [0.25, 0.3) is 22.2 Å². The highest BCUT2D eigenvalue weighted by atomic mass is 35.5. The highest BCUT2D eigenvalue weighted by Gasteiger charge is 2.39. The number of halogens is 5. The Bertz CT molecular complexity index is 1630. The SMILES string of the molecule is C=CC(=O)N1CCN(c2nc(OC[C@@H]3CCCN3C)nc3c(F)c(-c4nc(N)cc(C)c4C(F)(F)F)c(Cl)cc23)[C@@H](C=C)C1. The number of aryl methyl sites for hydroxylation is 1. The third-order valence-corrected chi connectivity index (χ3v) is 8.42. The molecule has 2 aromatic heterocycles. The summed E-state index contributed by atoms with van der Waals surface area (Å²) in [5.74, 6) is -1.37. The van der Waals surface area contributed by atoms with Crippen molar-refractivity contribution in [2.45, 2.75) is 38.0 Å². The number of likely N-dealkylation sites (tertiary alicyclic amines) is 1. The number of carbonyl (C=O) groups is 1. The van der Waals surface area contributed by atoms with Gasteiger partial charge in [0, 0.05) is 31.1 Å². The van der Waals surface area contributed by atoms with Gasteiger partial charge in [0.2, 0.25) is 5.91 Å². The monoisotopic (exact) mass is 633 g/mol. The summed E-state index contributed by atoms with van der Waals surface area (Å²) in [7, 11) is 1.97. The van der Waals surface area contributed by atoms with E-state index in [2.05, 4.69) is 33.0 Å². The molecule has 9 nitrogen and oxygen atoms in total. The predicted molar refractivity (Wildman–Crippen MR) is 161 cm³/mol. The van der Waals surface area contributed by atoms with Crippen molar-refractivity contribution in [2.24, 2.45) is 0 Å². The molecule has 2 aliphatic heterocycles. The van der Waals surface area contributed by atoms with Gasteiger partial charge in [-0.1, -0.05) is 24.3 Å². The number of anilines is 2. The minimum atomic E-state index is -4.87. The minimum Gasteiger partial charge on any atom is -0.462 e. The number of nitrogens with zero attached hydrogens (tertiary/aromatic N) is 6. The summed E-state index contributed by atoms with van der Waals surface area (Å²) in [6.45, 7) is 10.6. The number of carbonyl (C=O) groups excluding carboxylic acids is 1. The van der Waals surface area contributed by atoms with Crippen LogP contribution < -0.4 is 15.4 Å². The van der Waals surface area contributed by atoms with Crippen LogP contribution in [-0.2, 0) is 11.0 Å². The molecule has 0 radical (unpaired) electrons. The number of hydrogen-bond acceptors (Lipinski definition) is 8. The summed E-state index contributed by atoms with van der Waals surface area (Å²) in [6.07, 6.45) is -0.133. The maximum Gasteiger partial charge on any atom is 0.418 e. The normalized spacial score (nSPS) is 19.4. The molecule has 1 aromatic carbocycles. The molecule has 1 amide bonds. The van der Waals surface area contributed by atoms with Crippen molar-refractivity contribution in [3.8, 4) is 17.3 Å². The Morgan fingerprint density at radius 3 is 2.59 bits per heavy atom. The summed E-state index contributed by atoms with van der Waals surface area (Å²) in [5.41, 5.74) is 2.79. The number of hydrogen-bond donors (Lipinski definition) is 1. The first-order valence-electron chi connectivity index (χ1n) is 14.0. The van der Waals surface area contributed by atoms with Gasteiger partial charge in [0.1, 0.15) is 23.8 Å². The second-order valence-electron chi connectivity index (χ2n) is 10.9. The lowest BCUT2D eigenvalue weighted by Gasteiger charge is -2.41. The lowest BCUT2D eigenvalue weighted by molar-refractivity contribution is -0.137. The highest BCUT2D eigenvalue weighted by molar-refractivity contribution is 6.34. The van der Waals surface area contributed by atoms with Crippen LogP contribution in [0.4, 0.5) is 29.2 Å². The van der Waals surface area contributed by atoms with Crippen molar-refractivity contribution in [1.29, 1.82) is 0 Å². The van der Waals surface area contributed by atoms with E-state index in [9.17, 15) is 18.0 Å². The van der Waals surface area contributed by atoms with E-state index >= 15 is 4.39 Å². The number of amides is 1. The molecule has 44 heavy (non-hydrogen) atoms. The van der Waals surface area contributed by atoms with Crippen LogP contribution in [0.15, 0.2) is 37.4 Å². The molecule has 0 spiro atoms. The average molecular weight is 634 g/mol. The number of nitrogen functional groups attached to an aromatic ring is 1. The predicted octanol–water partition coefficient (Wildman–Crippen LogP) is 5.26. The Morgan fingerprint density at radius 2 is 1.95 bits per heavy atom. The molecule has 0 bridgehead atoms. The smallest absolute Gasteiger partial charge is 0.418 e. The third-order valence-electron chi connectivity index (χ3n) is 8.12. The van der Waals surface area contributed by atoms with Crippen LogP contribution in [-0.4, -0.2) is 82.6 Å². The van der Waals surface area contributed by atoms with Gasteiger partial charge in [-0.3, -0.25) is 4.79 Å². The quantitative estimate of drug-likeness (QED) is 0.214. The molecule has 2 atom stereocenters. The van der Waals surface area contributed by atoms with Gasteiger partial charge < -0.3 is 25.2 Å². The van der Waals surface area contributed by atoms with E-state index in [1.165, 1.54) is 19.1 Å². The molecule has 2 aliphatic rings. The van der Waals surface area contributed by atoms with Crippen molar-refractivity contribution in [3.63, 3.8) is 0 Å². The van der Waals surface area contributed by atoms with Crippen LogP contribution in [0.5, 0.6) is 6.01 Å². The number of piperazine rings is 1. The highest BCUT2D eigenvalue weighted by Crippen LogP contribution is 2.44. The van der Waals surface area contributed by atoms with Crippen molar-refractivity contribution in [2.75, 3.05) is 50.5 Å². The molecular weight excluding hydrogens is 602 g/mol. The summed E-state index contributed by atoms with van der Waals surface area (Å²) >= 11 is 6.55. The van der Waals surface area contributed by atoms with Gasteiger partial charge in [-0.25, -0.2) is 9.37 Å². The molecule has 3 aromatic rings. The van der Waals surface area contributed by atoms with E-state index in [0.717, 1.165) is 25.5 Å². The Kier molecular flexibility index (Phi) is 8.72. The number of nitrogens with two attached hydrogens (primary N) is 1. The Balaban J connectivity index is 1.70. The van der Waals surface area contributed by atoms with Crippen LogP contribution in [0.3, 0.4) is 0 Å². The average Bonchev–Trinajstić information content (AvgIpc) is 3.38. The standard InChI is InChI=1S/C30H32ClF4N7O2/c1-5-17-14-41(22(43)6-2)10-11-42(17)28-19-13-20(31)23(27-24(30(33,34)35)16(3)12-21(36)37-27)25(32)26(19)38-29(39-28)44-15-18-8-7-9-40(18)4/h5-6,12-13,17-18H,1-2,7-11,14-15H2,3-4H3,(H2,36,37)/t17-,18-/m0/s1. The van der Waals surface area contributed by atoms with Crippen LogP contribution >= 0.6 is 11.6 Å². The summed E-state index contributed by atoms with van der Waals surface area (Å²) in [6, 6.07) is 1.88. The van der Waals surface area contributed by atoms with Crippen LogP contribution in [0.2, 0.25) is 5.02 Å². The second kappa shape index (κ2) is 12.2. The largest absolute Gasteiger partial charge is 0.462 e. The van der Waals surface area contributed by atoms with E-state index in [-0.39, 0.29) is 70.8 Å². The Labute approximate surface area is 257 Å². The van der Waals surface area contributed by atoms with Crippen LogP contribution in [0, 0.1) is 12.7 Å². The van der Waals surface area contributed by atoms with E-state index < -0.39 is 34.9 Å². The second-order valence-corrected chi connectivity index (χ2v) is 11.3. The maximum atomic E-state index is 16.6. The van der Waals surface area contributed by atoms with E-state index in [1.807, 2.05) is 11.9 Å². The van der Waals surface area contributed by atoms with Gasteiger partial charge in [0.15, 0.2) is 5.82 Å². The van der Waals surface area contributed by atoms with Gasteiger partial charge in [-0.2, -0.15) is 23.1 Å². The molecule has 2 N–H and O–H groups in total. The molecule has 2 saturated heterocycles. The van der Waals surface area contributed by atoms with E-state index in [1.54, 1.807) is 11.0 Å². The fraction of sp³-hybridized carbons (Fsp3) is 0.400. The fourth-order valence-corrected chi connectivity index (χ4v) is 6.14. The topological polar surface area (TPSA) is 101 Å². The number of pyridine rings is 1. The zero-order valence-corrected chi connectivity index (χ0v) is 25.1. The number of likely N-dealkylation sites (N-methyl/N-ethyl adjacent to an activating group) is 1. The first-order valence-corrected chi connectivity index (χ1v) is 14.4. The van der Waals surface area contributed by atoms with Crippen molar-refractivity contribution in [3.05, 3.63) is 59.4 Å². The number of alkyl halides is 3. The number of benzene rings is 1. The van der Waals surface area contributed by atoms with Crippen LogP contribution in [0.1, 0.15) is 24.0 Å². The zero-order valence-electron chi connectivity index (χ0n) is 24.3. The lowest BCUT2D eigenvalue weighted by atomic mass is 9.98. The van der Waals surface area contributed by atoms with E-state index in [4.69, 9.17) is 22.1 Å². The summed E-state index contributed by atoms with van der Waals surface area (Å²) in [5, 5.41) is -0.189. The maximum absolute atomic E-state index is 16.6. The van der Waals surface area contributed by atoms with Gasteiger partial charge in [0.05, 0.1) is 27.9 Å². The summed E-state index contributed by atoms with van der Waals surface area (Å²) < 4.78 is 65.2. The minimum absolute atomic E-state index is 0.0894. The first-order chi connectivity index (χ1) is 20.8. The molecule has 5 rings (SSSR count). The number of rotatable bonds is 7. The molecule has 0 unspecified atom stereocenters. The molecule has 234 valence electrons. The Morgan fingerprint density at radius 1 is 1.20 bits per heavy atom. The van der Waals surface area contributed by atoms with Gasteiger partial charge >= 0.3 is 12.2 Å². The van der Waals surface area contributed by atoms with Gasteiger partial charge in [-0.15, -0.1) is 6.58 Å². The molecule has 0 saturated carbocycles. The van der Waals surface area contributed by atoms with Gasteiger partial charge in [0.25, 0.3) is 0 Å². The lowest BCUT2D eigenvalue weighted by Crippen LogP contribution is -2.54. The number of ether oxygens (including phenoxy) is 1. The molecule has 14 heteroatoms. The van der Waals surface area contributed by atoms with Crippen molar-refractivity contribution >= 4 is 40.0 Å². The zero-order chi connectivity index (χ0) is 31.9. The summed E-state index contributed by atoms with van der Waals surface area (Å²) in [4.78, 5) is 30.7. The molecule has 0 aliphatic carbocycles.